The minimum absolute atomic E-state index is 0.0667. The van der Waals surface area contributed by atoms with E-state index in [0.717, 1.165) is 0 Å². The third-order valence-electron chi connectivity index (χ3n) is 2.06. The molecule has 1 N–H and O–H groups in total. The maximum atomic E-state index is 11.6. The molecule has 0 atom stereocenters. The Morgan fingerprint density at radius 1 is 1.22 bits per heavy atom. The van der Waals surface area contributed by atoms with Gasteiger partial charge in [0.2, 0.25) is 10.0 Å². The first-order valence-electron chi connectivity index (χ1n) is 5.24. The number of aromatic nitrogens is 1. The van der Waals surface area contributed by atoms with Crippen LogP contribution in [0.5, 0.6) is 5.75 Å². The number of anilines is 1. The van der Waals surface area contributed by atoms with Crippen LogP contribution in [0.1, 0.15) is 0 Å². The zero-order valence-corrected chi connectivity index (χ0v) is 10.3. The van der Waals surface area contributed by atoms with E-state index < -0.39 is 10.0 Å². The molecule has 2 rings (SSSR count). The zero-order valence-electron chi connectivity index (χ0n) is 9.44. The van der Waals surface area contributed by atoms with Gasteiger partial charge in [-0.05, 0) is 12.1 Å². The van der Waals surface area contributed by atoms with Crippen molar-refractivity contribution in [1.82, 2.24) is 5.16 Å². The third-order valence-corrected chi connectivity index (χ3v) is 3.29. The van der Waals surface area contributed by atoms with E-state index in [0.29, 0.717) is 5.75 Å². The summed E-state index contributed by atoms with van der Waals surface area (Å²) < 4.78 is 35.3. The maximum absolute atomic E-state index is 11.6. The summed E-state index contributed by atoms with van der Waals surface area (Å²) in [5, 5.41) is 3.46. The molecule has 96 valence electrons. The third kappa shape index (κ3) is 3.77. The van der Waals surface area contributed by atoms with Crippen molar-refractivity contribution in [1.29, 1.82) is 0 Å². The van der Waals surface area contributed by atoms with Crippen LogP contribution in [0.2, 0.25) is 0 Å². The summed E-state index contributed by atoms with van der Waals surface area (Å²) in [4.78, 5) is 0. The van der Waals surface area contributed by atoms with Gasteiger partial charge in [-0.15, -0.1) is 0 Å². The fourth-order valence-corrected chi connectivity index (χ4v) is 2.09. The molecule has 1 aromatic heterocycles. The lowest BCUT2D eigenvalue weighted by atomic mass is 10.3. The number of hydrogen-bond acceptors (Lipinski definition) is 5. The Labute approximate surface area is 105 Å². The van der Waals surface area contributed by atoms with Crippen LogP contribution in [-0.2, 0) is 10.0 Å². The van der Waals surface area contributed by atoms with E-state index in [1.165, 1.54) is 12.3 Å². The molecule has 0 bridgehead atoms. The smallest absolute Gasteiger partial charge is 0.237 e. The van der Waals surface area contributed by atoms with E-state index in [-0.39, 0.29) is 18.2 Å². The van der Waals surface area contributed by atoms with E-state index in [9.17, 15) is 8.42 Å². The van der Waals surface area contributed by atoms with Gasteiger partial charge in [-0.3, -0.25) is 4.72 Å². The van der Waals surface area contributed by atoms with Crippen LogP contribution >= 0.6 is 0 Å². The normalized spacial score (nSPS) is 11.1. The molecular formula is C11H12N2O4S. The van der Waals surface area contributed by atoms with Gasteiger partial charge in [-0.1, -0.05) is 23.4 Å². The largest absolute Gasteiger partial charge is 0.492 e. The molecule has 7 heteroatoms. The number of ether oxygens (including phenoxy) is 1. The first-order valence-corrected chi connectivity index (χ1v) is 6.90. The molecule has 0 aliphatic rings. The summed E-state index contributed by atoms with van der Waals surface area (Å²) in [5.74, 6) is 0.637. The number of benzene rings is 1. The first kappa shape index (κ1) is 12.4. The summed E-state index contributed by atoms with van der Waals surface area (Å²) in [6.45, 7) is 0.0667. The molecule has 1 heterocycles. The molecule has 0 spiro atoms. The second-order valence-electron chi connectivity index (χ2n) is 3.47. The summed E-state index contributed by atoms with van der Waals surface area (Å²) >= 11 is 0. The quantitative estimate of drug-likeness (QED) is 0.858. The molecule has 0 fully saturated rings. The fraction of sp³-hybridized carbons (Fsp3) is 0.182. The van der Waals surface area contributed by atoms with Gasteiger partial charge < -0.3 is 9.26 Å². The maximum Gasteiger partial charge on any atom is 0.237 e. The van der Waals surface area contributed by atoms with E-state index in [1.807, 2.05) is 18.2 Å². The Morgan fingerprint density at radius 3 is 2.67 bits per heavy atom. The molecule has 0 amide bonds. The van der Waals surface area contributed by atoms with E-state index in [2.05, 4.69) is 14.4 Å². The van der Waals surface area contributed by atoms with Crippen LogP contribution in [0, 0.1) is 0 Å². The molecule has 0 radical (unpaired) electrons. The topological polar surface area (TPSA) is 81.4 Å². The molecule has 0 saturated carbocycles. The van der Waals surface area contributed by atoms with E-state index in [4.69, 9.17) is 4.74 Å². The monoisotopic (exact) mass is 268 g/mol. The van der Waals surface area contributed by atoms with Gasteiger partial charge in [0.25, 0.3) is 0 Å². The van der Waals surface area contributed by atoms with Gasteiger partial charge >= 0.3 is 0 Å². The number of rotatable bonds is 6. The van der Waals surface area contributed by atoms with Crippen molar-refractivity contribution < 1.29 is 17.7 Å². The highest BCUT2D eigenvalue weighted by atomic mass is 32.2. The van der Waals surface area contributed by atoms with Gasteiger partial charge in [-0.2, -0.15) is 0 Å². The van der Waals surface area contributed by atoms with Crippen molar-refractivity contribution in [2.75, 3.05) is 17.1 Å². The van der Waals surface area contributed by atoms with Gasteiger partial charge in [0.15, 0.2) is 5.82 Å². The average Bonchev–Trinajstić information content (AvgIpc) is 2.82. The van der Waals surface area contributed by atoms with Crippen molar-refractivity contribution in [2.24, 2.45) is 0 Å². The Bertz CT molecular complexity index is 566. The van der Waals surface area contributed by atoms with Crippen molar-refractivity contribution in [2.45, 2.75) is 0 Å². The number of para-hydroxylation sites is 1. The summed E-state index contributed by atoms with van der Waals surface area (Å²) in [6.07, 6.45) is 1.29. The van der Waals surface area contributed by atoms with Gasteiger partial charge in [0.05, 0.1) is 0 Å². The standard InChI is InChI=1S/C11H12N2O4S/c14-18(15,13-11-6-7-17-12-11)9-8-16-10-4-2-1-3-5-10/h1-7H,8-9H2,(H,12,13). The summed E-state index contributed by atoms with van der Waals surface area (Å²) in [5.41, 5.74) is 0. The lowest BCUT2D eigenvalue weighted by Crippen LogP contribution is -2.21. The Kier molecular flexibility index (Phi) is 3.83. The van der Waals surface area contributed by atoms with Crippen LogP contribution < -0.4 is 9.46 Å². The Hall–Kier alpha value is -2.02. The van der Waals surface area contributed by atoms with E-state index >= 15 is 0 Å². The molecule has 0 aliphatic carbocycles. The highest BCUT2D eigenvalue weighted by molar-refractivity contribution is 7.92. The average molecular weight is 268 g/mol. The van der Waals surface area contributed by atoms with Crippen LogP contribution in [-0.4, -0.2) is 25.9 Å². The van der Waals surface area contributed by atoms with Gasteiger partial charge in [-0.25, -0.2) is 8.42 Å². The zero-order chi connectivity index (χ0) is 12.8. The molecule has 1 aromatic carbocycles. The van der Waals surface area contributed by atoms with Crippen molar-refractivity contribution in [3.8, 4) is 5.75 Å². The van der Waals surface area contributed by atoms with E-state index in [1.54, 1.807) is 12.1 Å². The van der Waals surface area contributed by atoms with Gasteiger partial charge in [0.1, 0.15) is 24.4 Å². The lowest BCUT2D eigenvalue weighted by molar-refractivity contribution is 0.341. The molecule has 6 nitrogen and oxygen atoms in total. The lowest BCUT2D eigenvalue weighted by Gasteiger charge is -2.07. The molecule has 0 saturated heterocycles. The second-order valence-corrected chi connectivity index (χ2v) is 5.31. The fourth-order valence-electron chi connectivity index (χ4n) is 1.26. The van der Waals surface area contributed by atoms with Crippen molar-refractivity contribution in [3.05, 3.63) is 42.7 Å². The van der Waals surface area contributed by atoms with Crippen LogP contribution in [0.15, 0.2) is 47.2 Å². The molecule has 0 unspecified atom stereocenters. The molecular weight excluding hydrogens is 256 g/mol. The second kappa shape index (κ2) is 5.54. The van der Waals surface area contributed by atoms with Crippen molar-refractivity contribution >= 4 is 15.8 Å². The summed E-state index contributed by atoms with van der Waals surface area (Å²) in [6, 6.07) is 10.4. The molecule has 0 aliphatic heterocycles. The van der Waals surface area contributed by atoms with Crippen LogP contribution in [0.3, 0.4) is 0 Å². The number of hydrogen-bond donors (Lipinski definition) is 1. The molecule has 2 aromatic rings. The molecule has 18 heavy (non-hydrogen) atoms. The Balaban J connectivity index is 1.82. The number of nitrogens with zero attached hydrogens (tertiary/aromatic N) is 1. The predicted molar refractivity (Wildman–Crippen MR) is 65.8 cm³/mol. The highest BCUT2D eigenvalue weighted by Gasteiger charge is 2.12. The summed E-state index contributed by atoms with van der Waals surface area (Å²) in [7, 11) is -3.47. The minimum Gasteiger partial charge on any atom is -0.492 e. The predicted octanol–water partition coefficient (Wildman–Crippen LogP) is 1.50. The van der Waals surface area contributed by atoms with Crippen molar-refractivity contribution in [3.63, 3.8) is 0 Å². The van der Waals surface area contributed by atoms with Crippen LogP contribution in [0.4, 0.5) is 5.82 Å². The highest BCUT2D eigenvalue weighted by Crippen LogP contribution is 2.09. The van der Waals surface area contributed by atoms with Crippen LogP contribution in [0.25, 0.3) is 0 Å². The Morgan fingerprint density at radius 2 is 2.00 bits per heavy atom. The van der Waals surface area contributed by atoms with Gasteiger partial charge in [0, 0.05) is 6.07 Å². The SMILES string of the molecule is O=S(=O)(CCOc1ccccc1)Nc1ccon1. The first-order chi connectivity index (χ1) is 8.66. The minimum atomic E-state index is -3.47. The number of nitrogens with one attached hydrogen (secondary N) is 1. The number of sulfonamides is 1.